The van der Waals surface area contributed by atoms with Crippen LogP contribution < -0.4 is 16.0 Å². The normalized spacial score (nSPS) is 19.6. The molecule has 0 saturated carbocycles. The molecule has 25 heavy (non-hydrogen) atoms. The molecular weight excluding hydrogens is 352 g/mol. The predicted molar refractivity (Wildman–Crippen MR) is 93.8 cm³/mol. The Morgan fingerprint density at radius 3 is 2.76 bits per heavy atom. The van der Waals surface area contributed by atoms with E-state index < -0.39 is 17.5 Å². The fourth-order valence-corrected chi connectivity index (χ4v) is 2.73. The summed E-state index contributed by atoms with van der Waals surface area (Å²) in [4.78, 5) is 23.7. The standard InChI is InChI=1S/C17H23F2N3O2.ClH/c1-11-10-20-8-6-15(11)22-16(23)3-2-7-21-17(24)13-5-4-12(18)9-14(13)19;/h4-5,9,11,15,20H,2-3,6-8,10H2,1H3,(H,21,24)(H,22,23);1H. The first-order valence-corrected chi connectivity index (χ1v) is 8.20. The first kappa shape index (κ1) is 21.3. The lowest BCUT2D eigenvalue weighted by Gasteiger charge is -2.30. The third-order valence-corrected chi connectivity index (χ3v) is 4.17. The maximum atomic E-state index is 13.5. The predicted octanol–water partition coefficient (Wildman–Crippen LogP) is 2.01. The maximum absolute atomic E-state index is 13.5. The molecule has 8 heteroatoms. The second-order valence-electron chi connectivity index (χ2n) is 6.13. The number of rotatable bonds is 6. The van der Waals surface area contributed by atoms with E-state index in [2.05, 4.69) is 22.9 Å². The van der Waals surface area contributed by atoms with E-state index in [1.165, 1.54) is 0 Å². The summed E-state index contributed by atoms with van der Waals surface area (Å²) in [5, 5.41) is 8.82. The molecule has 1 aliphatic rings. The molecule has 1 saturated heterocycles. The summed E-state index contributed by atoms with van der Waals surface area (Å²) in [6.07, 6.45) is 1.66. The van der Waals surface area contributed by atoms with E-state index in [1.807, 2.05) is 0 Å². The molecule has 1 aromatic carbocycles. The number of nitrogens with one attached hydrogen (secondary N) is 3. The van der Waals surface area contributed by atoms with Gasteiger partial charge in [-0.1, -0.05) is 6.92 Å². The van der Waals surface area contributed by atoms with Gasteiger partial charge >= 0.3 is 0 Å². The van der Waals surface area contributed by atoms with Gasteiger partial charge in [-0.15, -0.1) is 12.4 Å². The van der Waals surface area contributed by atoms with Crippen LogP contribution in [-0.2, 0) is 4.79 Å². The summed E-state index contributed by atoms with van der Waals surface area (Å²) in [5.41, 5.74) is -0.204. The van der Waals surface area contributed by atoms with Crippen molar-refractivity contribution in [2.45, 2.75) is 32.2 Å². The van der Waals surface area contributed by atoms with Gasteiger partial charge in [-0.3, -0.25) is 9.59 Å². The SMILES string of the molecule is CC1CNCCC1NC(=O)CCCNC(=O)c1ccc(F)cc1F.Cl. The molecule has 0 radical (unpaired) electrons. The summed E-state index contributed by atoms with van der Waals surface area (Å²) >= 11 is 0. The van der Waals surface area contributed by atoms with Gasteiger partial charge in [0.25, 0.3) is 5.91 Å². The van der Waals surface area contributed by atoms with E-state index in [4.69, 9.17) is 0 Å². The lowest BCUT2D eigenvalue weighted by Crippen LogP contribution is -2.48. The van der Waals surface area contributed by atoms with Crippen LogP contribution in [0.5, 0.6) is 0 Å². The second kappa shape index (κ2) is 10.3. The number of hydrogen-bond acceptors (Lipinski definition) is 3. The van der Waals surface area contributed by atoms with Crippen molar-refractivity contribution < 1.29 is 18.4 Å². The summed E-state index contributed by atoms with van der Waals surface area (Å²) in [7, 11) is 0. The van der Waals surface area contributed by atoms with Gasteiger partial charge in [0, 0.05) is 25.1 Å². The lowest BCUT2D eigenvalue weighted by molar-refractivity contribution is -0.122. The van der Waals surface area contributed by atoms with Crippen LogP contribution in [0.3, 0.4) is 0 Å². The Morgan fingerprint density at radius 2 is 2.08 bits per heavy atom. The van der Waals surface area contributed by atoms with Gasteiger partial charge in [-0.2, -0.15) is 0 Å². The molecule has 3 N–H and O–H groups in total. The molecule has 2 amide bonds. The van der Waals surface area contributed by atoms with Gasteiger partial charge < -0.3 is 16.0 Å². The molecule has 1 aromatic rings. The Labute approximate surface area is 152 Å². The number of piperidine rings is 1. The molecule has 0 aromatic heterocycles. The minimum absolute atomic E-state index is 0. The lowest BCUT2D eigenvalue weighted by atomic mass is 9.95. The van der Waals surface area contributed by atoms with Gasteiger partial charge in [-0.05, 0) is 44.0 Å². The minimum Gasteiger partial charge on any atom is -0.353 e. The average molecular weight is 376 g/mol. The number of carbonyl (C=O) groups is 2. The molecule has 2 atom stereocenters. The molecule has 1 aliphatic heterocycles. The molecule has 0 spiro atoms. The van der Waals surface area contributed by atoms with Crippen LogP contribution in [0.15, 0.2) is 18.2 Å². The van der Waals surface area contributed by atoms with Crippen LogP contribution in [0.25, 0.3) is 0 Å². The van der Waals surface area contributed by atoms with Crippen LogP contribution in [0.1, 0.15) is 36.5 Å². The van der Waals surface area contributed by atoms with Gasteiger partial charge in [-0.25, -0.2) is 8.78 Å². The number of benzene rings is 1. The van der Waals surface area contributed by atoms with Crippen molar-refractivity contribution in [2.75, 3.05) is 19.6 Å². The van der Waals surface area contributed by atoms with E-state index in [-0.39, 0.29) is 36.5 Å². The molecule has 5 nitrogen and oxygen atoms in total. The highest BCUT2D eigenvalue weighted by atomic mass is 35.5. The Morgan fingerprint density at radius 1 is 1.32 bits per heavy atom. The third-order valence-electron chi connectivity index (χ3n) is 4.17. The van der Waals surface area contributed by atoms with Crippen LogP contribution in [0.2, 0.25) is 0 Å². The first-order valence-electron chi connectivity index (χ1n) is 8.20. The van der Waals surface area contributed by atoms with E-state index in [0.717, 1.165) is 31.6 Å². The zero-order valence-corrected chi connectivity index (χ0v) is 14.9. The van der Waals surface area contributed by atoms with Gasteiger partial charge in [0.1, 0.15) is 11.6 Å². The Hall–Kier alpha value is -1.73. The third kappa shape index (κ3) is 6.59. The molecular formula is C17H24ClF2N3O2. The van der Waals surface area contributed by atoms with Crippen molar-refractivity contribution in [2.24, 2.45) is 5.92 Å². The van der Waals surface area contributed by atoms with Gasteiger partial charge in [0.15, 0.2) is 0 Å². The molecule has 140 valence electrons. The van der Waals surface area contributed by atoms with E-state index >= 15 is 0 Å². The number of amides is 2. The number of hydrogen-bond donors (Lipinski definition) is 3. The molecule has 2 unspecified atom stereocenters. The smallest absolute Gasteiger partial charge is 0.254 e. The monoisotopic (exact) mass is 375 g/mol. The van der Waals surface area contributed by atoms with Crippen molar-refractivity contribution in [3.8, 4) is 0 Å². The molecule has 1 heterocycles. The summed E-state index contributed by atoms with van der Waals surface area (Å²) in [6, 6.07) is 2.99. The minimum atomic E-state index is -0.898. The van der Waals surface area contributed by atoms with Crippen molar-refractivity contribution >= 4 is 24.2 Å². The van der Waals surface area contributed by atoms with Gasteiger partial charge in [0.2, 0.25) is 5.91 Å². The van der Waals surface area contributed by atoms with E-state index in [1.54, 1.807) is 0 Å². The van der Waals surface area contributed by atoms with Gasteiger partial charge in [0.05, 0.1) is 5.56 Å². The highest BCUT2D eigenvalue weighted by Gasteiger charge is 2.22. The highest BCUT2D eigenvalue weighted by molar-refractivity contribution is 5.94. The van der Waals surface area contributed by atoms with Crippen molar-refractivity contribution in [1.29, 1.82) is 0 Å². The highest BCUT2D eigenvalue weighted by Crippen LogP contribution is 2.11. The maximum Gasteiger partial charge on any atom is 0.254 e. The van der Waals surface area contributed by atoms with Crippen LogP contribution in [-0.4, -0.2) is 37.5 Å². The Kier molecular flexibility index (Phi) is 8.78. The zero-order valence-electron chi connectivity index (χ0n) is 14.1. The molecule has 2 rings (SSSR count). The summed E-state index contributed by atoms with van der Waals surface area (Å²) < 4.78 is 26.3. The zero-order chi connectivity index (χ0) is 17.5. The summed E-state index contributed by atoms with van der Waals surface area (Å²) in [6.45, 7) is 4.14. The summed E-state index contributed by atoms with van der Waals surface area (Å²) in [5.74, 6) is -1.89. The Balaban J connectivity index is 0.00000312. The molecule has 0 bridgehead atoms. The number of carbonyl (C=O) groups excluding carboxylic acids is 2. The first-order chi connectivity index (χ1) is 11.5. The van der Waals surface area contributed by atoms with E-state index in [0.29, 0.717) is 24.8 Å². The fraction of sp³-hybridized carbons (Fsp3) is 0.529. The van der Waals surface area contributed by atoms with E-state index in [9.17, 15) is 18.4 Å². The van der Waals surface area contributed by atoms with Crippen molar-refractivity contribution in [3.05, 3.63) is 35.4 Å². The second-order valence-corrected chi connectivity index (χ2v) is 6.13. The average Bonchev–Trinajstić information content (AvgIpc) is 2.53. The quantitative estimate of drug-likeness (QED) is 0.666. The van der Waals surface area contributed by atoms with Crippen LogP contribution >= 0.6 is 12.4 Å². The topological polar surface area (TPSA) is 70.2 Å². The van der Waals surface area contributed by atoms with Crippen LogP contribution in [0, 0.1) is 17.6 Å². The molecule has 1 fully saturated rings. The number of halogens is 3. The largest absolute Gasteiger partial charge is 0.353 e. The van der Waals surface area contributed by atoms with Crippen molar-refractivity contribution in [3.63, 3.8) is 0 Å². The Bertz CT molecular complexity index is 601. The fourth-order valence-electron chi connectivity index (χ4n) is 2.73. The van der Waals surface area contributed by atoms with Crippen LogP contribution in [0.4, 0.5) is 8.78 Å². The molecule has 0 aliphatic carbocycles. The van der Waals surface area contributed by atoms with Crippen molar-refractivity contribution in [1.82, 2.24) is 16.0 Å².